The van der Waals surface area contributed by atoms with Gasteiger partial charge in [-0.25, -0.2) is 4.21 Å². The summed E-state index contributed by atoms with van der Waals surface area (Å²) in [6.45, 7) is 7.63. The third-order valence-corrected chi connectivity index (χ3v) is 3.64. The van der Waals surface area contributed by atoms with Crippen molar-refractivity contribution >= 4 is 28.8 Å². The van der Waals surface area contributed by atoms with Crippen LogP contribution in [0.25, 0.3) is 0 Å². The molecule has 1 aromatic carbocycles. The van der Waals surface area contributed by atoms with E-state index in [4.69, 9.17) is 11.6 Å². The van der Waals surface area contributed by atoms with Crippen molar-refractivity contribution in [3.05, 3.63) is 34.3 Å². The molecule has 1 atom stereocenters. The van der Waals surface area contributed by atoms with Gasteiger partial charge in [0.15, 0.2) is 0 Å². The van der Waals surface area contributed by atoms with Crippen molar-refractivity contribution in [2.24, 2.45) is 4.40 Å². The third kappa shape index (κ3) is 3.72. The average molecular weight is 258 g/mol. The summed E-state index contributed by atoms with van der Waals surface area (Å²) < 4.78 is 15.4. The fraction of sp³-hybridized carbons (Fsp3) is 0.417. The molecule has 0 fully saturated rings. The van der Waals surface area contributed by atoms with Crippen molar-refractivity contribution < 1.29 is 4.21 Å². The van der Waals surface area contributed by atoms with Gasteiger partial charge in [0.05, 0.1) is 4.75 Å². The molecule has 0 amide bonds. The highest BCUT2D eigenvalue weighted by molar-refractivity contribution is 7.85. The van der Waals surface area contributed by atoms with Crippen LogP contribution < -0.4 is 0 Å². The highest BCUT2D eigenvalue weighted by atomic mass is 35.5. The molecule has 0 bridgehead atoms. The molecule has 4 heteroatoms. The van der Waals surface area contributed by atoms with Crippen molar-refractivity contribution in [3.8, 4) is 0 Å². The zero-order chi connectivity index (χ0) is 12.3. The van der Waals surface area contributed by atoms with E-state index in [9.17, 15) is 4.21 Å². The maximum absolute atomic E-state index is 11.7. The fourth-order valence-electron chi connectivity index (χ4n) is 1.000. The molecule has 2 nitrogen and oxygen atoms in total. The van der Waals surface area contributed by atoms with Crippen molar-refractivity contribution in [1.29, 1.82) is 0 Å². The summed E-state index contributed by atoms with van der Waals surface area (Å²) in [6, 6.07) is 5.69. The largest absolute Gasteiger partial charge is 0.234 e. The Morgan fingerprint density at radius 1 is 1.38 bits per heavy atom. The Morgan fingerprint density at radius 2 is 2.00 bits per heavy atom. The molecule has 0 saturated heterocycles. The van der Waals surface area contributed by atoms with Crippen molar-refractivity contribution in [3.63, 3.8) is 0 Å². The Hall–Kier alpha value is -0.670. The van der Waals surface area contributed by atoms with Crippen LogP contribution in [-0.2, 0) is 11.0 Å². The Bertz CT molecular complexity index is 435. The molecule has 0 aliphatic carbocycles. The fourth-order valence-corrected chi connectivity index (χ4v) is 1.81. The van der Waals surface area contributed by atoms with E-state index in [0.717, 1.165) is 11.1 Å². The van der Waals surface area contributed by atoms with Crippen LogP contribution in [0.5, 0.6) is 0 Å². The van der Waals surface area contributed by atoms with Gasteiger partial charge in [0.2, 0.25) is 0 Å². The number of aryl methyl sites for hydroxylation is 1. The van der Waals surface area contributed by atoms with E-state index in [1.54, 1.807) is 6.21 Å². The molecule has 0 unspecified atom stereocenters. The van der Waals surface area contributed by atoms with Crippen LogP contribution in [0.4, 0.5) is 0 Å². The molecular weight excluding hydrogens is 242 g/mol. The standard InChI is InChI=1S/C12H16ClNOS/c1-9-5-6-10(11(13)7-9)8-14-16(15)12(2,3)4/h5-8H,1-4H3/t16-/m1/s1. The Balaban J connectivity index is 2.89. The van der Waals surface area contributed by atoms with Gasteiger partial charge in [-0.05, 0) is 39.3 Å². The topological polar surface area (TPSA) is 29.4 Å². The first-order valence-corrected chi connectivity index (χ1v) is 6.51. The van der Waals surface area contributed by atoms with Crippen LogP contribution in [0.2, 0.25) is 5.02 Å². The molecule has 88 valence electrons. The molecule has 0 radical (unpaired) electrons. The van der Waals surface area contributed by atoms with Crippen molar-refractivity contribution in [2.75, 3.05) is 0 Å². The van der Waals surface area contributed by atoms with E-state index >= 15 is 0 Å². The second kappa shape index (κ2) is 5.11. The summed E-state index contributed by atoms with van der Waals surface area (Å²) in [5, 5.41) is 0.634. The van der Waals surface area contributed by atoms with E-state index in [-0.39, 0.29) is 4.75 Å². The molecule has 0 aliphatic rings. The molecule has 16 heavy (non-hydrogen) atoms. The van der Waals surface area contributed by atoms with E-state index in [1.165, 1.54) is 0 Å². The SMILES string of the molecule is Cc1ccc(C=N[S@](=O)C(C)(C)C)c(Cl)c1. The summed E-state index contributed by atoms with van der Waals surface area (Å²) >= 11 is 6.04. The molecule has 0 heterocycles. The molecule has 0 N–H and O–H groups in total. The number of halogens is 1. The first kappa shape index (κ1) is 13.4. The summed E-state index contributed by atoms with van der Waals surface area (Å²) in [4.78, 5) is 0. The van der Waals surface area contributed by atoms with Gasteiger partial charge in [0, 0.05) is 16.8 Å². The monoisotopic (exact) mass is 257 g/mol. The minimum absolute atomic E-state index is 0.340. The normalized spacial score (nSPS) is 14.3. The van der Waals surface area contributed by atoms with E-state index in [0.29, 0.717) is 5.02 Å². The lowest BCUT2D eigenvalue weighted by molar-refractivity contribution is 0.651. The number of hydrogen-bond donors (Lipinski definition) is 0. The van der Waals surface area contributed by atoms with Gasteiger partial charge >= 0.3 is 0 Å². The summed E-state index contributed by atoms with van der Waals surface area (Å²) in [6.07, 6.45) is 1.57. The first-order chi connectivity index (χ1) is 7.30. The van der Waals surface area contributed by atoms with Crippen LogP contribution in [-0.4, -0.2) is 15.2 Å². The Morgan fingerprint density at radius 3 is 2.50 bits per heavy atom. The molecule has 0 saturated carbocycles. The van der Waals surface area contributed by atoms with Gasteiger partial charge in [-0.1, -0.05) is 23.7 Å². The Kier molecular flexibility index (Phi) is 4.28. The molecule has 1 rings (SSSR count). The van der Waals surface area contributed by atoms with Gasteiger partial charge in [-0.2, -0.15) is 4.40 Å². The van der Waals surface area contributed by atoms with E-state index < -0.39 is 11.0 Å². The van der Waals surface area contributed by atoms with E-state index in [2.05, 4.69) is 4.40 Å². The number of rotatable bonds is 2. The molecule has 0 aromatic heterocycles. The molecule has 1 aromatic rings. The summed E-state index contributed by atoms with van der Waals surface area (Å²) in [5.74, 6) is 0. The lowest BCUT2D eigenvalue weighted by Crippen LogP contribution is -2.19. The molecule has 0 aliphatic heterocycles. The maximum atomic E-state index is 11.7. The lowest BCUT2D eigenvalue weighted by Gasteiger charge is -2.12. The van der Waals surface area contributed by atoms with Crippen LogP contribution in [0.1, 0.15) is 31.9 Å². The van der Waals surface area contributed by atoms with Crippen LogP contribution in [0.3, 0.4) is 0 Å². The Labute approximate surface area is 104 Å². The second-order valence-electron chi connectivity index (χ2n) is 4.62. The van der Waals surface area contributed by atoms with Gasteiger partial charge in [-0.15, -0.1) is 0 Å². The maximum Gasteiger partial charge on any atom is 0.144 e. The van der Waals surface area contributed by atoms with Crippen LogP contribution >= 0.6 is 11.6 Å². The highest BCUT2D eigenvalue weighted by Crippen LogP contribution is 2.17. The second-order valence-corrected chi connectivity index (χ2v) is 6.96. The molecular formula is C12H16ClNOS. The van der Waals surface area contributed by atoms with Gasteiger partial charge in [0.1, 0.15) is 11.0 Å². The summed E-state index contributed by atoms with van der Waals surface area (Å²) in [5.41, 5.74) is 1.89. The van der Waals surface area contributed by atoms with Crippen molar-refractivity contribution in [1.82, 2.24) is 0 Å². The van der Waals surface area contributed by atoms with Gasteiger partial charge in [-0.3, -0.25) is 0 Å². The lowest BCUT2D eigenvalue weighted by atomic mass is 10.2. The highest BCUT2D eigenvalue weighted by Gasteiger charge is 2.18. The van der Waals surface area contributed by atoms with Gasteiger partial charge in [0.25, 0.3) is 0 Å². The average Bonchev–Trinajstić information content (AvgIpc) is 2.14. The zero-order valence-corrected chi connectivity index (χ0v) is 11.5. The van der Waals surface area contributed by atoms with Gasteiger partial charge < -0.3 is 0 Å². The minimum Gasteiger partial charge on any atom is -0.234 e. The summed E-state index contributed by atoms with van der Waals surface area (Å²) in [7, 11) is -1.24. The quantitative estimate of drug-likeness (QED) is 0.746. The third-order valence-electron chi connectivity index (χ3n) is 1.97. The van der Waals surface area contributed by atoms with Crippen LogP contribution in [0, 0.1) is 6.92 Å². The first-order valence-electron chi connectivity index (χ1n) is 5.03. The zero-order valence-electron chi connectivity index (χ0n) is 9.95. The minimum atomic E-state index is -1.24. The van der Waals surface area contributed by atoms with E-state index in [1.807, 2.05) is 45.9 Å². The van der Waals surface area contributed by atoms with Crippen LogP contribution in [0.15, 0.2) is 22.6 Å². The number of benzene rings is 1. The number of hydrogen-bond acceptors (Lipinski definition) is 1. The predicted molar refractivity (Wildman–Crippen MR) is 71.7 cm³/mol. The smallest absolute Gasteiger partial charge is 0.144 e. The van der Waals surface area contributed by atoms with Crippen molar-refractivity contribution in [2.45, 2.75) is 32.4 Å². The predicted octanol–water partition coefficient (Wildman–Crippen LogP) is 3.53. The molecule has 0 spiro atoms. The number of nitrogens with zero attached hydrogens (tertiary/aromatic N) is 1.